The smallest absolute Gasteiger partial charge is 0.373 e. The van der Waals surface area contributed by atoms with E-state index in [0.29, 0.717) is 5.19 Å². The van der Waals surface area contributed by atoms with Crippen molar-refractivity contribution in [1.29, 1.82) is 0 Å². The Morgan fingerprint density at radius 3 is 1.81 bits per heavy atom. The van der Waals surface area contributed by atoms with Crippen molar-refractivity contribution in [2.45, 2.75) is 0 Å². The fourth-order valence-corrected chi connectivity index (χ4v) is 3.17. The zero-order valence-corrected chi connectivity index (χ0v) is 10.3. The van der Waals surface area contributed by atoms with E-state index < -0.39 is 13.7 Å². The highest BCUT2D eigenvalue weighted by molar-refractivity contribution is 6.75. The van der Waals surface area contributed by atoms with Crippen LogP contribution in [0.25, 0.3) is 0 Å². The summed E-state index contributed by atoms with van der Waals surface area (Å²) in [6.07, 6.45) is 0. The van der Waals surface area contributed by atoms with Gasteiger partial charge in [-0.3, -0.25) is 10.1 Å². The van der Waals surface area contributed by atoms with Crippen LogP contribution in [0.15, 0.2) is 24.3 Å². The van der Waals surface area contributed by atoms with Crippen LogP contribution in [-0.4, -0.2) is 35.1 Å². The van der Waals surface area contributed by atoms with E-state index in [0.717, 1.165) is 0 Å². The molecule has 0 heterocycles. The fraction of sp³-hybridized carbons (Fsp3) is 0.333. The van der Waals surface area contributed by atoms with E-state index in [1.54, 1.807) is 12.1 Å². The first kappa shape index (κ1) is 12.8. The van der Waals surface area contributed by atoms with Gasteiger partial charge in [0.25, 0.3) is 5.69 Å². The summed E-state index contributed by atoms with van der Waals surface area (Å²) in [5.41, 5.74) is 0.0231. The van der Waals surface area contributed by atoms with Crippen LogP contribution < -0.4 is 5.19 Å². The lowest BCUT2D eigenvalue weighted by Gasteiger charge is -2.24. The Bertz CT molecular complexity index is 354. The molecule has 0 unspecified atom stereocenters. The van der Waals surface area contributed by atoms with Crippen molar-refractivity contribution < 1.29 is 18.2 Å². The normalized spacial score (nSPS) is 11.4. The third kappa shape index (κ3) is 2.27. The van der Waals surface area contributed by atoms with Gasteiger partial charge in [-0.25, -0.2) is 0 Å². The van der Waals surface area contributed by atoms with E-state index in [-0.39, 0.29) is 5.69 Å². The predicted octanol–water partition coefficient (Wildman–Crippen LogP) is 0.680. The minimum Gasteiger partial charge on any atom is -0.373 e. The van der Waals surface area contributed by atoms with Crippen LogP contribution in [0.2, 0.25) is 0 Å². The van der Waals surface area contributed by atoms with Crippen molar-refractivity contribution in [3.63, 3.8) is 0 Å². The standard InChI is InChI=1S/C9H13NO5Si/c1-13-16(14-2,15-3)9-6-4-8(5-7-9)10(11)12/h4-7H,1-3H3. The number of hydrogen-bond acceptors (Lipinski definition) is 5. The Morgan fingerprint density at radius 2 is 1.50 bits per heavy atom. The molecule has 0 bridgehead atoms. The van der Waals surface area contributed by atoms with Crippen LogP contribution in [-0.2, 0) is 13.3 Å². The van der Waals surface area contributed by atoms with Gasteiger partial charge in [0.2, 0.25) is 0 Å². The van der Waals surface area contributed by atoms with Gasteiger partial charge in [-0.15, -0.1) is 0 Å². The highest BCUT2D eigenvalue weighted by atomic mass is 28.4. The van der Waals surface area contributed by atoms with E-state index in [9.17, 15) is 10.1 Å². The minimum atomic E-state index is -2.87. The maximum atomic E-state index is 10.5. The summed E-state index contributed by atoms with van der Waals surface area (Å²) in [5, 5.41) is 11.2. The van der Waals surface area contributed by atoms with Gasteiger partial charge in [-0.2, -0.15) is 0 Å². The monoisotopic (exact) mass is 243 g/mol. The van der Waals surface area contributed by atoms with Gasteiger partial charge in [-0.05, 0) is 12.1 Å². The molecule has 6 nitrogen and oxygen atoms in total. The number of nitro benzene ring substituents is 1. The average molecular weight is 243 g/mol. The molecule has 0 aromatic heterocycles. The SMILES string of the molecule is CO[Si](OC)(OC)c1ccc([N+](=O)[O-])cc1. The van der Waals surface area contributed by atoms with Gasteiger partial charge in [0.1, 0.15) is 0 Å². The molecule has 7 heteroatoms. The molecule has 16 heavy (non-hydrogen) atoms. The minimum absolute atomic E-state index is 0.0231. The molecular weight excluding hydrogens is 230 g/mol. The van der Waals surface area contributed by atoms with Crippen LogP contribution in [0.4, 0.5) is 5.69 Å². The van der Waals surface area contributed by atoms with Crippen molar-refractivity contribution in [3.8, 4) is 0 Å². The summed E-state index contributed by atoms with van der Waals surface area (Å²) < 4.78 is 15.7. The molecule has 1 aromatic carbocycles. The Morgan fingerprint density at radius 1 is 1.06 bits per heavy atom. The van der Waals surface area contributed by atoms with E-state index in [2.05, 4.69) is 0 Å². The van der Waals surface area contributed by atoms with Crippen molar-refractivity contribution in [3.05, 3.63) is 34.4 Å². The van der Waals surface area contributed by atoms with Crippen molar-refractivity contribution in [2.24, 2.45) is 0 Å². The molecule has 0 amide bonds. The molecule has 0 spiro atoms. The van der Waals surface area contributed by atoms with Gasteiger partial charge < -0.3 is 13.3 Å². The lowest BCUT2D eigenvalue weighted by molar-refractivity contribution is -0.384. The molecule has 0 atom stereocenters. The fourth-order valence-electron chi connectivity index (χ4n) is 1.39. The molecular formula is C9H13NO5Si. The lowest BCUT2D eigenvalue weighted by Crippen LogP contribution is -2.54. The molecule has 0 saturated heterocycles. The second kappa shape index (κ2) is 5.17. The molecule has 0 aliphatic carbocycles. The van der Waals surface area contributed by atoms with Crippen molar-refractivity contribution in [1.82, 2.24) is 0 Å². The molecule has 0 N–H and O–H groups in total. The Hall–Kier alpha value is -1.28. The Labute approximate surface area is 94.3 Å². The average Bonchev–Trinajstić information content (AvgIpc) is 2.33. The van der Waals surface area contributed by atoms with Gasteiger partial charge in [0.05, 0.1) is 4.92 Å². The van der Waals surface area contributed by atoms with E-state index in [1.807, 2.05) is 0 Å². The van der Waals surface area contributed by atoms with Crippen LogP contribution >= 0.6 is 0 Å². The molecule has 0 radical (unpaired) electrons. The topological polar surface area (TPSA) is 70.8 Å². The molecule has 1 aromatic rings. The number of nitrogens with zero attached hydrogens (tertiary/aromatic N) is 1. The van der Waals surface area contributed by atoms with Crippen LogP contribution in [0.1, 0.15) is 0 Å². The van der Waals surface area contributed by atoms with Crippen LogP contribution in [0.3, 0.4) is 0 Å². The number of nitro groups is 1. The molecule has 1 rings (SSSR count). The maximum Gasteiger partial charge on any atom is 0.536 e. The molecule has 88 valence electrons. The first-order valence-electron chi connectivity index (χ1n) is 4.50. The van der Waals surface area contributed by atoms with Gasteiger partial charge in [0.15, 0.2) is 0 Å². The number of non-ortho nitro benzene ring substituents is 1. The van der Waals surface area contributed by atoms with Crippen LogP contribution in [0.5, 0.6) is 0 Å². The third-order valence-electron chi connectivity index (χ3n) is 2.24. The first-order valence-corrected chi connectivity index (χ1v) is 6.22. The second-order valence-corrected chi connectivity index (χ2v) is 5.89. The van der Waals surface area contributed by atoms with Crippen LogP contribution in [0, 0.1) is 10.1 Å². The van der Waals surface area contributed by atoms with Crippen molar-refractivity contribution >= 4 is 19.7 Å². The summed E-state index contributed by atoms with van der Waals surface area (Å²) in [4.78, 5) is 10.0. The highest BCUT2D eigenvalue weighted by Gasteiger charge is 2.40. The Balaban J connectivity index is 3.08. The zero-order chi connectivity index (χ0) is 12.2. The summed E-state index contributed by atoms with van der Waals surface area (Å²) in [5.74, 6) is 0. The summed E-state index contributed by atoms with van der Waals surface area (Å²) in [7, 11) is 1.59. The summed E-state index contributed by atoms with van der Waals surface area (Å²) in [6.45, 7) is 0. The number of rotatable bonds is 5. The zero-order valence-electron chi connectivity index (χ0n) is 9.30. The Kier molecular flexibility index (Phi) is 4.13. The van der Waals surface area contributed by atoms with Crippen molar-refractivity contribution in [2.75, 3.05) is 21.3 Å². The summed E-state index contributed by atoms with van der Waals surface area (Å²) >= 11 is 0. The van der Waals surface area contributed by atoms with E-state index >= 15 is 0 Å². The lowest BCUT2D eigenvalue weighted by atomic mass is 10.3. The summed E-state index contributed by atoms with van der Waals surface area (Å²) in [6, 6.07) is 5.96. The largest absolute Gasteiger partial charge is 0.536 e. The molecule has 0 saturated carbocycles. The molecule has 0 aliphatic rings. The second-order valence-electron chi connectivity index (χ2n) is 2.97. The third-order valence-corrected chi connectivity index (χ3v) is 4.89. The van der Waals surface area contributed by atoms with E-state index in [1.165, 1.54) is 33.5 Å². The van der Waals surface area contributed by atoms with Gasteiger partial charge in [0, 0.05) is 38.6 Å². The van der Waals surface area contributed by atoms with Gasteiger partial charge in [-0.1, -0.05) is 0 Å². The predicted molar refractivity (Wildman–Crippen MR) is 59.5 cm³/mol. The van der Waals surface area contributed by atoms with Gasteiger partial charge >= 0.3 is 8.80 Å². The molecule has 0 aliphatic heterocycles. The first-order chi connectivity index (χ1) is 7.59. The maximum absolute atomic E-state index is 10.5. The highest BCUT2D eigenvalue weighted by Crippen LogP contribution is 2.12. The number of hydrogen-bond donors (Lipinski definition) is 0. The quantitative estimate of drug-likeness (QED) is 0.432. The number of benzene rings is 1. The molecule has 0 fully saturated rings. The van der Waals surface area contributed by atoms with E-state index in [4.69, 9.17) is 13.3 Å².